The highest BCUT2D eigenvalue weighted by Crippen LogP contribution is 2.27. The van der Waals surface area contributed by atoms with Crippen LogP contribution in [0.3, 0.4) is 0 Å². The first-order valence-corrected chi connectivity index (χ1v) is 7.56. The van der Waals surface area contributed by atoms with Crippen LogP contribution in [0.25, 0.3) is 0 Å². The molecule has 3 heteroatoms. The van der Waals surface area contributed by atoms with Crippen molar-refractivity contribution in [3.05, 3.63) is 23.9 Å². The molecule has 1 saturated heterocycles. The maximum absolute atomic E-state index is 4.64. The first-order valence-electron chi connectivity index (χ1n) is 7.56. The predicted octanol–water partition coefficient (Wildman–Crippen LogP) is 3.23. The van der Waals surface area contributed by atoms with Crippen LogP contribution in [-0.2, 0) is 0 Å². The second kappa shape index (κ2) is 6.38. The molecule has 1 aliphatic heterocycles. The van der Waals surface area contributed by atoms with Crippen LogP contribution < -0.4 is 10.2 Å². The van der Waals surface area contributed by atoms with E-state index in [9.17, 15) is 0 Å². The molecule has 0 aliphatic carbocycles. The van der Waals surface area contributed by atoms with E-state index < -0.39 is 0 Å². The average molecular weight is 261 g/mol. The van der Waals surface area contributed by atoms with Gasteiger partial charge in [-0.3, -0.25) is 0 Å². The van der Waals surface area contributed by atoms with Gasteiger partial charge in [0, 0.05) is 25.3 Å². The smallest absolute Gasteiger partial charge is 0.128 e. The van der Waals surface area contributed by atoms with Gasteiger partial charge in [-0.1, -0.05) is 26.8 Å². The lowest BCUT2D eigenvalue weighted by molar-refractivity contribution is 0.422. The van der Waals surface area contributed by atoms with Crippen LogP contribution in [0.1, 0.15) is 45.7 Å². The Morgan fingerprint density at radius 1 is 1.37 bits per heavy atom. The second-order valence-electron chi connectivity index (χ2n) is 5.97. The van der Waals surface area contributed by atoms with Gasteiger partial charge in [-0.2, -0.15) is 0 Å². The molecule has 2 unspecified atom stereocenters. The van der Waals surface area contributed by atoms with Crippen molar-refractivity contribution < 1.29 is 0 Å². The molecule has 1 aliphatic rings. The molecule has 2 rings (SSSR count). The van der Waals surface area contributed by atoms with E-state index in [-0.39, 0.29) is 0 Å². The molecule has 106 valence electrons. The van der Waals surface area contributed by atoms with Crippen molar-refractivity contribution in [1.82, 2.24) is 10.3 Å². The number of hydrogen-bond acceptors (Lipinski definition) is 3. The van der Waals surface area contributed by atoms with Gasteiger partial charge < -0.3 is 10.2 Å². The van der Waals surface area contributed by atoms with E-state index >= 15 is 0 Å². The van der Waals surface area contributed by atoms with Gasteiger partial charge in [0.1, 0.15) is 5.82 Å². The van der Waals surface area contributed by atoms with Gasteiger partial charge >= 0.3 is 0 Å². The molecule has 0 spiro atoms. The minimum Gasteiger partial charge on any atom is -0.356 e. The highest BCUT2D eigenvalue weighted by molar-refractivity contribution is 5.41. The topological polar surface area (TPSA) is 28.2 Å². The summed E-state index contributed by atoms with van der Waals surface area (Å²) in [6.07, 6.45) is 3.32. The Morgan fingerprint density at radius 2 is 2.16 bits per heavy atom. The van der Waals surface area contributed by atoms with Crippen molar-refractivity contribution in [2.24, 2.45) is 11.8 Å². The summed E-state index contributed by atoms with van der Waals surface area (Å²) in [6.45, 7) is 12.3. The summed E-state index contributed by atoms with van der Waals surface area (Å²) in [5.41, 5.74) is 1.27. The van der Waals surface area contributed by atoms with E-state index in [0.29, 0.717) is 6.04 Å². The molecule has 2 heterocycles. The Hall–Kier alpha value is -1.09. The zero-order chi connectivity index (χ0) is 13.8. The minimum absolute atomic E-state index is 0.383. The summed E-state index contributed by atoms with van der Waals surface area (Å²) in [7, 11) is 0. The molecule has 1 N–H and O–H groups in total. The van der Waals surface area contributed by atoms with Crippen LogP contribution in [0, 0.1) is 11.8 Å². The SMILES string of the molecule is CCNC(C)c1ccc(N2CCC(C(C)C)C2)nc1. The fraction of sp³-hybridized carbons (Fsp3) is 0.688. The van der Waals surface area contributed by atoms with Crippen molar-refractivity contribution >= 4 is 5.82 Å². The average Bonchev–Trinajstić information content (AvgIpc) is 2.89. The molecule has 19 heavy (non-hydrogen) atoms. The van der Waals surface area contributed by atoms with Crippen LogP contribution in [-0.4, -0.2) is 24.6 Å². The lowest BCUT2D eigenvalue weighted by atomic mass is 9.95. The summed E-state index contributed by atoms with van der Waals surface area (Å²) in [6, 6.07) is 4.76. The second-order valence-corrected chi connectivity index (χ2v) is 5.97. The molecule has 0 saturated carbocycles. The highest BCUT2D eigenvalue weighted by atomic mass is 15.2. The molecule has 0 bridgehead atoms. The quantitative estimate of drug-likeness (QED) is 0.882. The monoisotopic (exact) mass is 261 g/mol. The lowest BCUT2D eigenvalue weighted by Crippen LogP contribution is -2.22. The van der Waals surface area contributed by atoms with E-state index in [1.165, 1.54) is 12.0 Å². The molecule has 3 nitrogen and oxygen atoms in total. The normalized spacial score (nSPS) is 21.1. The number of nitrogens with zero attached hydrogens (tertiary/aromatic N) is 2. The van der Waals surface area contributed by atoms with Crippen LogP contribution in [0.2, 0.25) is 0 Å². The van der Waals surface area contributed by atoms with E-state index in [2.05, 4.69) is 55.0 Å². The number of aromatic nitrogens is 1. The molecule has 0 radical (unpaired) electrons. The Bertz CT molecular complexity index is 385. The van der Waals surface area contributed by atoms with Crippen molar-refractivity contribution in [3.63, 3.8) is 0 Å². The van der Waals surface area contributed by atoms with Crippen molar-refractivity contribution in [1.29, 1.82) is 0 Å². The maximum atomic E-state index is 4.64. The summed E-state index contributed by atoms with van der Waals surface area (Å²) in [5.74, 6) is 2.73. The third-order valence-electron chi connectivity index (χ3n) is 4.27. The number of anilines is 1. The largest absolute Gasteiger partial charge is 0.356 e. The fourth-order valence-electron chi connectivity index (χ4n) is 2.80. The predicted molar refractivity (Wildman–Crippen MR) is 81.5 cm³/mol. The third-order valence-corrected chi connectivity index (χ3v) is 4.27. The Labute approximate surface area is 117 Å². The minimum atomic E-state index is 0.383. The van der Waals surface area contributed by atoms with Gasteiger partial charge in [0.15, 0.2) is 0 Å². The van der Waals surface area contributed by atoms with Gasteiger partial charge in [0.25, 0.3) is 0 Å². The van der Waals surface area contributed by atoms with Gasteiger partial charge in [-0.25, -0.2) is 4.98 Å². The van der Waals surface area contributed by atoms with E-state index in [0.717, 1.165) is 37.3 Å². The molecular weight excluding hydrogens is 234 g/mol. The highest BCUT2D eigenvalue weighted by Gasteiger charge is 2.25. The molecule has 0 aromatic carbocycles. The lowest BCUT2D eigenvalue weighted by Gasteiger charge is -2.20. The first kappa shape index (κ1) is 14.3. The molecular formula is C16H27N3. The molecule has 1 aromatic rings. The third kappa shape index (κ3) is 3.47. The molecule has 2 atom stereocenters. The number of pyridine rings is 1. The van der Waals surface area contributed by atoms with Crippen molar-refractivity contribution in [2.45, 2.75) is 40.2 Å². The number of nitrogens with one attached hydrogen (secondary N) is 1. The molecule has 1 aromatic heterocycles. The van der Waals surface area contributed by atoms with Crippen LogP contribution in [0.5, 0.6) is 0 Å². The van der Waals surface area contributed by atoms with Crippen LogP contribution >= 0.6 is 0 Å². The van der Waals surface area contributed by atoms with E-state index in [1.807, 2.05) is 6.20 Å². The Kier molecular flexibility index (Phi) is 4.81. The summed E-state index contributed by atoms with van der Waals surface area (Å²) >= 11 is 0. The van der Waals surface area contributed by atoms with Crippen LogP contribution in [0.15, 0.2) is 18.3 Å². The standard InChI is InChI=1S/C16H27N3/c1-5-17-13(4)14-6-7-16(18-10-14)19-9-8-15(11-19)12(2)3/h6-7,10,12-13,15,17H,5,8-9,11H2,1-4H3. The summed E-state index contributed by atoms with van der Waals surface area (Å²) in [4.78, 5) is 7.07. The van der Waals surface area contributed by atoms with Crippen LogP contribution in [0.4, 0.5) is 5.82 Å². The number of hydrogen-bond donors (Lipinski definition) is 1. The number of rotatable bonds is 5. The van der Waals surface area contributed by atoms with Gasteiger partial charge in [-0.15, -0.1) is 0 Å². The Morgan fingerprint density at radius 3 is 2.68 bits per heavy atom. The fourth-order valence-corrected chi connectivity index (χ4v) is 2.80. The van der Waals surface area contributed by atoms with E-state index in [1.54, 1.807) is 0 Å². The summed E-state index contributed by atoms with van der Waals surface area (Å²) in [5, 5.41) is 3.42. The van der Waals surface area contributed by atoms with Crippen molar-refractivity contribution in [2.75, 3.05) is 24.5 Å². The first-order chi connectivity index (χ1) is 9.11. The summed E-state index contributed by atoms with van der Waals surface area (Å²) < 4.78 is 0. The van der Waals surface area contributed by atoms with E-state index in [4.69, 9.17) is 0 Å². The molecule has 0 amide bonds. The maximum Gasteiger partial charge on any atom is 0.128 e. The Balaban J connectivity index is 1.99. The van der Waals surface area contributed by atoms with Gasteiger partial charge in [-0.05, 0) is 43.4 Å². The molecule has 1 fully saturated rings. The zero-order valence-electron chi connectivity index (χ0n) is 12.7. The van der Waals surface area contributed by atoms with Gasteiger partial charge in [0.05, 0.1) is 0 Å². The zero-order valence-corrected chi connectivity index (χ0v) is 12.7. The van der Waals surface area contributed by atoms with Crippen molar-refractivity contribution in [3.8, 4) is 0 Å². The van der Waals surface area contributed by atoms with Gasteiger partial charge in [0.2, 0.25) is 0 Å².